The monoisotopic (exact) mass is 341 g/mol. The van der Waals surface area contributed by atoms with Crippen LogP contribution in [0.4, 0.5) is 0 Å². The van der Waals surface area contributed by atoms with E-state index in [0.717, 1.165) is 52.5 Å². The third-order valence-corrected chi connectivity index (χ3v) is 4.36. The van der Waals surface area contributed by atoms with Gasteiger partial charge in [-0.1, -0.05) is 5.16 Å². The van der Waals surface area contributed by atoms with Crippen molar-refractivity contribution in [2.24, 2.45) is 5.16 Å². The van der Waals surface area contributed by atoms with Gasteiger partial charge in [0.15, 0.2) is 6.10 Å². The third kappa shape index (κ3) is 3.86. The van der Waals surface area contributed by atoms with Crippen LogP contribution >= 0.6 is 0 Å². The highest BCUT2D eigenvalue weighted by atomic mass is 16.6. The number of nitrogens with zero attached hydrogens (tertiary/aromatic N) is 3. The summed E-state index contributed by atoms with van der Waals surface area (Å²) in [5.74, 6) is 0.970. The first-order valence-corrected chi connectivity index (χ1v) is 8.85. The fourth-order valence-electron chi connectivity index (χ4n) is 3.29. The lowest BCUT2D eigenvalue weighted by atomic mass is 9.99. The summed E-state index contributed by atoms with van der Waals surface area (Å²) in [6, 6.07) is 6.36. The van der Waals surface area contributed by atoms with E-state index in [1.54, 1.807) is 0 Å². The van der Waals surface area contributed by atoms with Gasteiger partial charge in [-0.2, -0.15) is 5.10 Å². The predicted molar refractivity (Wildman–Crippen MR) is 99.4 cm³/mol. The number of hydrogen-bond acceptors (Lipinski definition) is 4. The van der Waals surface area contributed by atoms with Gasteiger partial charge < -0.3 is 9.57 Å². The lowest BCUT2D eigenvalue weighted by Crippen LogP contribution is -2.18. The van der Waals surface area contributed by atoms with Crippen molar-refractivity contribution < 1.29 is 9.57 Å². The molecule has 0 amide bonds. The summed E-state index contributed by atoms with van der Waals surface area (Å²) in [7, 11) is 0. The van der Waals surface area contributed by atoms with Gasteiger partial charge in [0.1, 0.15) is 5.75 Å². The Morgan fingerprint density at radius 2 is 1.84 bits per heavy atom. The Morgan fingerprint density at radius 3 is 2.40 bits per heavy atom. The molecule has 0 saturated carbocycles. The van der Waals surface area contributed by atoms with Gasteiger partial charge in [-0.25, -0.2) is 0 Å². The molecular weight excluding hydrogens is 314 g/mol. The average Bonchev–Trinajstić information content (AvgIpc) is 3.10. The van der Waals surface area contributed by atoms with Crippen molar-refractivity contribution in [1.29, 1.82) is 0 Å². The maximum Gasteiger partial charge on any atom is 0.152 e. The van der Waals surface area contributed by atoms with Gasteiger partial charge in [0.2, 0.25) is 0 Å². The van der Waals surface area contributed by atoms with E-state index in [-0.39, 0.29) is 12.2 Å². The Bertz CT molecular complexity index is 782. The highest BCUT2D eigenvalue weighted by molar-refractivity contribution is 6.01. The number of aryl methyl sites for hydroxylation is 4. The number of ether oxygens (including phenoxy) is 1. The summed E-state index contributed by atoms with van der Waals surface area (Å²) in [5, 5.41) is 8.84. The molecule has 1 aliphatic rings. The van der Waals surface area contributed by atoms with Gasteiger partial charge in [-0.3, -0.25) is 4.68 Å². The van der Waals surface area contributed by atoms with Crippen LogP contribution in [0.25, 0.3) is 0 Å². The minimum Gasteiger partial charge on any atom is -0.490 e. The molecule has 2 heterocycles. The minimum atomic E-state index is 0.0280. The van der Waals surface area contributed by atoms with Gasteiger partial charge in [0, 0.05) is 17.7 Å². The summed E-state index contributed by atoms with van der Waals surface area (Å²) < 4.78 is 7.92. The largest absolute Gasteiger partial charge is 0.490 e. The molecule has 1 atom stereocenters. The van der Waals surface area contributed by atoms with E-state index in [1.807, 2.05) is 25.5 Å². The maximum atomic E-state index is 5.93. The first kappa shape index (κ1) is 17.5. The van der Waals surface area contributed by atoms with Gasteiger partial charge >= 0.3 is 0 Å². The molecule has 0 fully saturated rings. The molecule has 0 radical (unpaired) electrons. The quantitative estimate of drug-likeness (QED) is 0.823. The molecule has 0 bridgehead atoms. The number of rotatable bonds is 5. The molecule has 0 unspecified atom stereocenters. The first-order chi connectivity index (χ1) is 11.8. The van der Waals surface area contributed by atoms with Crippen LogP contribution in [0.3, 0.4) is 0 Å². The van der Waals surface area contributed by atoms with Crippen molar-refractivity contribution in [1.82, 2.24) is 9.78 Å². The Kier molecular flexibility index (Phi) is 4.84. The van der Waals surface area contributed by atoms with Crippen LogP contribution in [0.5, 0.6) is 5.75 Å². The fraction of sp³-hybridized carbons (Fsp3) is 0.500. The lowest BCUT2D eigenvalue weighted by Gasteiger charge is -2.16. The number of hydrogen-bond donors (Lipinski definition) is 0. The normalized spacial score (nSPS) is 16.9. The zero-order chi connectivity index (χ0) is 18.1. The molecule has 1 aromatic carbocycles. The molecule has 0 aliphatic carbocycles. The maximum absolute atomic E-state index is 5.93. The van der Waals surface area contributed by atoms with Crippen LogP contribution in [0.15, 0.2) is 23.4 Å². The van der Waals surface area contributed by atoms with E-state index in [0.29, 0.717) is 0 Å². The van der Waals surface area contributed by atoms with Crippen LogP contribution < -0.4 is 4.74 Å². The highest BCUT2D eigenvalue weighted by Crippen LogP contribution is 2.28. The summed E-state index contributed by atoms with van der Waals surface area (Å²) in [5.41, 5.74) is 6.55. The second-order valence-electron chi connectivity index (χ2n) is 7.18. The molecule has 3 rings (SSSR count). The zero-order valence-corrected chi connectivity index (χ0v) is 16.0. The Hall–Kier alpha value is -2.30. The molecule has 0 saturated heterocycles. The molecule has 1 aromatic heterocycles. The Morgan fingerprint density at radius 1 is 1.16 bits per heavy atom. The molecule has 1 aliphatic heterocycles. The number of oxime groups is 1. The summed E-state index contributed by atoms with van der Waals surface area (Å²) >= 11 is 0. The van der Waals surface area contributed by atoms with Gasteiger partial charge in [0.05, 0.1) is 24.1 Å². The molecule has 2 aromatic rings. The van der Waals surface area contributed by atoms with E-state index in [2.05, 4.69) is 49.2 Å². The second-order valence-corrected chi connectivity index (χ2v) is 7.18. The van der Waals surface area contributed by atoms with Crippen molar-refractivity contribution in [3.05, 3.63) is 46.3 Å². The Balaban J connectivity index is 1.72. The van der Waals surface area contributed by atoms with Crippen molar-refractivity contribution in [3.63, 3.8) is 0 Å². The minimum absolute atomic E-state index is 0.0280. The van der Waals surface area contributed by atoms with Crippen LogP contribution in [0, 0.1) is 27.7 Å². The van der Waals surface area contributed by atoms with E-state index >= 15 is 0 Å². The van der Waals surface area contributed by atoms with E-state index < -0.39 is 0 Å². The van der Waals surface area contributed by atoms with Crippen LogP contribution in [-0.4, -0.2) is 27.7 Å². The summed E-state index contributed by atoms with van der Waals surface area (Å²) in [4.78, 5) is 5.66. The highest BCUT2D eigenvalue weighted by Gasteiger charge is 2.24. The van der Waals surface area contributed by atoms with Crippen LogP contribution in [-0.2, 0) is 11.4 Å². The van der Waals surface area contributed by atoms with Gasteiger partial charge in [-0.15, -0.1) is 0 Å². The van der Waals surface area contributed by atoms with Crippen molar-refractivity contribution in [2.75, 3.05) is 0 Å². The second kappa shape index (κ2) is 6.90. The zero-order valence-electron chi connectivity index (χ0n) is 16.0. The van der Waals surface area contributed by atoms with Crippen molar-refractivity contribution in [2.45, 2.75) is 66.7 Å². The molecule has 0 spiro atoms. The van der Waals surface area contributed by atoms with E-state index in [4.69, 9.17) is 9.57 Å². The third-order valence-electron chi connectivity index (χ3n) is 4.36. The van der Waals surface area contributed by atoms with Gasteiger partial charge in [-0.05, 0) is 70.9 Å². The molecular formula is C20H27N3O2. The summed E-state index contributed by atoms with van der Waals surface area (Å²) in [6.07, 6.45) is 0.988. The van der Waals surface area contributed by atoms with E-state index in [1.165, 1.54) is 0 Å². The predicted octanol–water partition coefficient (Wildman–Crippen LogP) is 4.10. The topological polar surface area (TPSA) is 48.6 Å². The molecule has 5 heteroatoms. The standard InChI is InChI=1S/C20H27N3O2/c1-12(2)24-20-13(3)7-17(8-14(20)4)19-10-18(25-22-19)11-23-16(6)9-15(5)21-23/h7-9,12,18H,10-11H2,1-6H3/t18-/m1/s1. The average molecular weight is 341 g/mol. The smallest absolute Gasteiger partial charge is 0.152 e. The lowest BCUT2D eigenvalue weighted by molar-refractivity contribution is 0.0692. The van der Waals surface area contributed by atoms with Crippen LogP contribution in [0.2, 0.25) is 0 Å². The van der Waals surface area contributed by atoms with Crippen molar-refractivity contribution in [3.8, 4) is 5.75 Å². The first-order valence-electron chi connectivity index (χ1n) is 8.85. The van der Waals surface area contributed by atoms with Gasteiger partial charge in [0.25, 0.3) is 0 Å². The van der Waals surface area contributed by atoms with E-state index in [9.17, 15) is 0 Å². The molecule has 134 valence electrons. The number of benzene rings is 1. The molecule has 0 N–H and O–H groups in total. The molecule has 5 nitrogen and oxygen atoms in total. The number of aromatic nitrogens is 2. The molecule has 25 heavy (non-hydrogen) atoms. The Labute approximate surface area is 149 Å². The van der Waals surface area contributed by atoms with Crippen molar-refractivity contribution >= 4 is 5.71 Å². The summed E-state index contributed by atoms with van der Waals surface area (Å²) in [6.45, 7) is 13.1. The SMILES string of the molecule is Cc1cc(C)n(C[C@H]2CC(c3cc(C)c(OC(C)C)c(C)c3)=NO2)n1. The van der Waals surface area contributed by atoms with Crippen LogP contribution in [0.1, 0.15) is 48.3 Å². The fourth-order valence-corrected chi connectivity index (χ4v) is 3.29.